The number of hydrogen-bond acceptors (Lipinski definition) is 5. The van der Waals surface area contributed by atoms with Crippen molar-refractivity contribution in [1.29, 1.82) is 0 Å². The van der Waals surface area contributed by atoms with Gasteiger partial charge in [0.05, 0.1) is 6.42 Å². The minimum absolute atomic E-state index is 0.152. The number of carbonyl (C=O) groups excluding carboxylic acids is 3. The van der Waals surface area contributed by atoms with Gasteiger partial charge in [-0.3, -0.25) is 9.59 Å². The molecule has 1 saturated heterocycles. The Hall–Kier alpha value is -1.65. The van der Waals surface area contributed by atoms with Gasteiger partial charge < -0.3 is 9.84 Å². The molecule has 0 bridgehead atoms. The molecular weight excluding hydrogens is 272 g/mol. The van der Waals surface area contributed by atoms with Crippen LogP contribution < -0.4 is 0 Å². The fourth-order valence-electron chi connectivity index (χ4n) is 2.31. The molecule has 0 saturated carbocycles. The first-order chi connectivity index (χ1) is 10.1. The van der Waals surface area contributed by atoms with Gasteiger partial charge in [0.15, 0.2) is 6.61 Å². The van der Waals surface area contributed by atoms with Crippen LogP contribution >= 0.6 is 0 Å². The summed E-state index contributed by atoms with van der Waals surface area (Å²) in [6.45, 7) is 1.83. The van der Waals surface area contributed by atoms with Crippen LogP contribution in [0.3, 0.4) is 0 Å². The highest BCUT2D eigenvalue weighted by Crippen LogP contribution is 2.17. The minimum atomic E-state index is -0.832. The molecule has 0 aliphatic carbocycles. The summed E-state index contributed by atoms with van der Waals surface area (Å²) in [5.41, 5.74) is -0.358. The first-order valence-electron chi connectivity index (χ1n) is 7.70. The standard InChI is InChI=1S/C16H24O5/c1-2-3-4-5-6-7-8-9-12(17)10-13(18)15-14(19)11-21-16(15)20/h18H,2-11H2,1H3/b15-13-. The zero-order valence-electron chi connectivity index (χ0n) is 12.7. The summed E-state index contributed by atoms with van der Waals surface area (Å²) >= 11 is 0. The number of unbranched alkanes of at least 4 members (excludes halogenated alkanes) is 6. The Labute approximate surface area is 125 Å². The highest BCUT2D eigenvalue weighted by molar-refractivity contribution is 6.22. The molecule has 5 nitrogen and oxygen atoms in total. The van der Waals surface area contributed by atoms with Crippen molar-refractivity contribution in [2.24, 2.45) is 0 Å². The number of ether oxygens (including phenoxy) is 1. The molecule has 0 spiro atoms. The van der Waals surface area contributed by atoms with E-state index in [1.165, 1.54) is 25.7 Å². The zero-order chi connectivity index (χ0) is 15.7. The van der Waals surface area contributed by atoms with E-state index in [0.29, 0.717) is 6.42 Å². The molecule has 0 aromatic carbocycles. The van der Waals surface area contributed by atoms with Crippen LogP contribution in [-0.2, 0) is 19.1 Å². The van der Waals surface area contributed by atoms with Gasteiger partial charge in [-0.2, -0.15) is 0 Å². The van der Waals surface area contributed by atoms with Gasteiger partial charge in [-0.05, 0) is 6.42 Å². The summed E-state index contributed by atoms with van der Waals surface area (Å²) in [6.07, 6.45) is 7.91. The maximum atomic E-state index is 11.7. The second-order valence-corrected chi connectivity index (χ2v) is 5.41. The molecule has 1 fully saturated rings. The second-order valence-electron chi connectivity index (χ2n) is 5.41. The number of rotatable bonds is 10. The normalized spacial score (nSPS) is 17.0. The van der Waals surface area contributed by atoms with E-state index in [-0.39, 0.29) is 24.4 Å². The lowest BCUT2D eigenvalue weighted by Crippen LogP contribution is -2.09. The third-order valence-electron chi connectivity index (χ3n) is 3.53. The number of carbonyl (C=O) groups is 3. The monoisotopic (exact) mass is 296 g/mol. The van der Waals surface area contributed by atoms with Gasteiger partial charge >= 0.3 is 5.97 Å². The Morgan fingerprint density at radius 1 is 1.10 bits per heavy atom. The number of Topliss-reactive ketones (excluding diaryl/α,β-unsaturated/α-hetero) is 2. The minimum Gasteiger partial charge on any atom is -0.511 e. The van der Waals surface area contributed by atoms with Crippen molar-refractivity contribution in [1.82, 2.24) is 0 Å². The third-order valence-corrected chi connectivity index (χ3v) is 3.53. The second kappa shape index (κ2) is 9.32. The number of cyclic esters (lactones) is 1. The molecule has 0 aromatic rings. The summed E-state index contributed by atoms with van der Waals surface area (Å²) in [7, 11) is 0. The largest absolute Gasteiger partial charge is 0.511 e. The molecule has 0 radical (unpaired) electrons. The molecular formula is C16H24O5. The molecule has 1 aliphatic heterocycles. The molecule has 0 unspecified atom stereocenters. The predicted octanol–water partition coefficient (Wildman–Crippen LogP) is 3.02. The van der Waals surface area contributed by atoms with E-state index >= 15 is 0 Å². The third kappa shape index (κ3) is 6.10. The van der Waals surface area contributed by atoms with Crippen molar-refractivity contribution >= 4 is 17.5 Å². The van der Waals surface area contributed by atoms with E-state index in [1.54, 1.807) is 0 Å². The molecule has 0 atom stereocenters. The SMILES string of the molecule is CCCCCCCCCC(=O)C/C(O)=C1\C(=O)COC1=O. The van der Waals surface area contributed by atoms with Crippen molar-refractivity contribution in [3.8, 4) is 0 Å². The number of allylic oxidation sites excluding steroid dienone is 1. The number of esters is 1. The van der Waals surface area contributed by atoms with E-state index in [2.05, 4.69) is 11.7 Å². The highest BCUT2D eigenvalue weighted by atomic mass is 16.5. The quantitative estimate of drug-likeness (QED) is 0.220. The lowest BCUT2D eigenvalue weighted by molar-refractivity contribution is -0.135. The smallest absolute Gasteiger partial charge is 0.345 e. The Bertz CT molecular complexity index is 404. The van der Waals surface area contributed by atoms with E-state index < -0.39 is 17.5 Å². The Morgan fingerprint density at radius 2 is 1.71 bits per heavy atom. The van der Waals surface area contributed by atoms with Gasteiger partial charge in [0, 0.05) is 6.42 Å². The van der Waals surface area contributed by atoms with Crippen LogP contribution in [0.4, 0.5) is 0 Å². The predicted molar refractivity (Wildman–Crippen MR) is 77.9 cm³/mol. The highest BCUT2D eigenvalue weighted by Gasteiger charge is 2.32. The molecule has 1 heterocycles. The Kier molecular flexibility index (Phi) is 7.72. The molecule has 0 aromatic heterocycles. The van der Waals surface area contributed by atoms with Gasteiger partial charge in [-0.1, -0.05) is 45.4 Å². The van der Waals surface area contributed by atoms with Crippen molar-refractivity contribution in [2.75, 3.05) is 6.61 Å². The molecule has 21 heavy (non-hydrogen) atoms. The first kappa shape index (κ1) is 17.4. The van der Waals surface area contributed by atoms with Crippen LogP contribution in [0, 0.1) is 0 Å². The number of hydrogen-bond donors (Lipinski definition) is 1. The maximum Gasteiger partial charge on any atom is 0.345 e. The average Bonchev–Trinajstić information content (AvgIpc) is 2.77. The van der Waals surface area contributed by atoms with E-state index in [0.717, 1.165) is 19.3 Å². The summed E-state index contributed by atoms with van der Waals surface area (Å²) in [5.74, 6) is -1.99. The Morgan fingerprint density at radius 3 is 2.29 bits per heavy atom. The van der Waals surface area contributed by atoms with Gasteiger partial charge in [-0.25, -0.2) is 4.79 Å². The summed E-state index contributed by atoms with van der Waals surface area (Å²) < 4.78 is 4.51. The van der Waals surface area contributed by atoms with Crippen LogP contribution in [0.25, 0.3) is 0 Å². The van der Waals surface area contributed by atoms with E-state index in [1.807, 2.05) is 0 Å². The van der Waals surface area contributed by atoms with E-state index in [4.69, 9.17) is 0 Å². The van der Waals surface area contributed by atoms with Crippen LogP contribution in [-0.4, -0.2) is 29.2 Å². The maximum absolute atomic E-state index is 11.7. The van der Waals surface area contributed by atoms with Gasteiger partial charge in [0.25, 0.3) is 0 Å². The van der Waals surface area contributed by atoms with Crippen molar-refractivity contribution < 1.29 is 24.2 Å². The fraction of sp³-hybridized carbons (Fsp3) is 0.688. The number of aliphatic hydroxyl groups excluding tert-OH is 1. The summed E-state index contributed by atoms with van der Waals surface area (Å²) in [4.78, 5) is 34.2. The topological polar surface area (TPSA) is 80.7 Å². The molecule has 118 valence electrons. The fourth-order valence-corrected chi connectivity index (χ4v) is 2.31. The molecule has 1 rings (SSSR count). The molecule has 1 N–H and O–H groups in total. The van der Waals surface area contributed by atoms with Crippen molar-refractivity contribution in [2.45, 2.75) is 64.7 Å². The molecule has 0 amide bonds. The molecule has 5 heteroatoms. The lowest BCUT2D eigenvalue weighted by atomic mass is 10.0. The number of aliphatic hydroxyl groups is 1. The Balaban J connectivity index is 2.23. The average molecular weight is 296 g/mol. The first-order valence-corrected chi connectivity index (χ1v) is 7.70. The summed E-state index contributed by atoms with van der Waals surface area (Å²) in [5, 5.41) is 9.70. The number of ketones is 2. The van der Waals surface area contributed by atoms with Crippen molar-refractivity contribution in [3.05, 3.63) is 11.3 Å². The molecule has 1 aliphatic rings. The zero-order valence-corrected chi connectivity index (χ0v) is 12.7. The van der Waals surface area contributed by atoms with Gasteiger partial charge in [0.2, 0.25) is 5.78 Å². The summed E-state index contributed by atoms with van der Waals surface area (Å²) in [6, 6.07) is 0. The van der Waals surface area contributed by atoms with Crippen LogP contribution in [0.2, 0.25) is 0 Å². The lowest BCUT2D eigenvalue weighted by Gasteiger charge is -2.03. The van der Waals surface area contributed by atoms with Crippen LogP contribution in [0.5, 0.6) is 0 Å². The van der Waals surface area contributed by atoms with Gasteiger partial charge in [0.1, 0.15) is 17.1 Å². The van der Waals surface area contributed by atoms with Crippen LogP contribution in [0.15, 0.2) is 11.3 Å². The van der Waals surface area contributed by atoms with Gasteiger partial charge in [-0.15, -0.1) is 0 Å². The van der Waals surface area contributed by atoms with Crippen LogP contribution in [0.1, 0.15) is 64.7 Å². The van der Waals surface area contributed by atoms with E-state index in [9.17, 15) is 19.5 Å². The van der Waals surface area contributed by atoms with Crippen molar-refractivity contribution in [3.63, 3.8) is 0 Å².